The lowest BCUT2D eigenvalue weighted by molar-refractivity contribution is -0.0300. The number of aromatic nitrogens is 2. The van der Waals surface area contributed by atoms with Gasteiger partial charge in [-0.05, 0) is 49.4 Å². The van der Waals surface area contributed by atoms with Crippen molar-refractivity contribution < 1.29 is 9.90 Å². The molecule has 0 bridgehead atoms. The molecule has 128 valence electrons. The van der Waals surface area contributed by atoms with Crippen LogP contribution in [0.4, 0.5) is 0 Å². The van der Waals surface area contributed by atoms with Crippen LogP contribution in [0.15, 0.2) is 30.5 Å². The summed E-state index contributed by atoms with van der Waals surface area (Å²) >= 11 is 5.94. The molecule has 1 heterocycles. The standard InChI is InChI=1S/C18H22ClN3O2/c1-12(2)16-15(17(23)20-11-18(24)8-3-9-18)10-21-22(16)14-6-4-13(19)5-7-14/h4-7,10,12,24H,3,8-9,11H2,1-2H3,(H,20,23). The van der Waals surface area contributed by atoms with Gasteiger partial charge in [0.25, 0.3) is 5.91 Å². The van der Waals surface area contributed by atoms with Gasteiger partial charge in [-0.3, -0.25) is 4.79 Å². The number of nitrogens with one attached hydrogen (secondary N) is 1. The molecule has 1 fully saturated rings. The van der Waals surface area contributed by atoms with Gasteiger partial charge in [0.15, 0.2) is 0 Å². The van der Waals surface area contributed by atoms with Crippen LogP contribution in [0.25, 0.3) is 5.69 Å². The maximum atomic E-state index is 12.6. The minimum Gasteiger partial charge on any atom is -0.388 e. The normalized spacial score (nSPS) is 16.0. The van der Waals surface area contributed by atoms with E-state index in [9.17, 15) is 9.90 Å². The number of carbonyl (C=O) groups excluding carboxylic acids is 1. The fourth-order valence-electron chi connectivity index (χ4n) is 2.98. The molecule has 0 saturated heterocycles. The van der Waals surface area contributed by atoms with E-state index in [4.69, 9.17) is 11.6 Å². The van der Waals surface area contributed by atoms with Gasteiger partial charge in [-0.2, -0.15) is 5.10 Å². The first-order valence-electron chi connectivity index (χ1n) is 8.24. The minimum atomic E-state index is -0.736. The number of rotatable bonds is 5. The molecule has 1 aromatic heterocycles. The summed E-state index contributed by atoms with van der Waals surface area (Å²) in [6, 6.07) is 7.35. The summed E-state index contributed by atoms with van der Waals surface area (Å²) in [7, 11) is 0. The quantitative estimate of drug-likeness (QED) is 0.872. The predicted molar refractivity (Wildman–Crippen MR) is 93.8 cm³/mol. The summed E-state index contributed by atoms with van der Waals surface area (Å²) in [4.78, 5) is 12.6. The molecule has 1 aliphatic rings. The lowest BCUT2D eigenvalue weighted by Crippen LogP contribution is -2.47. The van der Waals surface area contributed by atoms with Crippen molar-refractivity contribution >= 4 is 17.5 Å². The van der Waals surface area contributed by atoms with Crippen LogP contribution in [-0.4, -0.2) is 32.9 Å². The summed E-state index contributed by atoms with van der Waals surface area (Å²) in [5.41, 5.74) is 1.51. The molecular weight excluding hydrogens is 326 g/mol. The van der Waals surface area contributed by atoms with Crippen LogP contribution in [0, 0.1) is 0 Å². The van der Waals surface area contributed by atoms with E-state index in [-0.39, 0.29) is 18.4 Å². The average Bonchev–Trinajstić information content (AvgIpc) is 2.96. The van der Waals surface area contributed by atoms with Crippen LogP contribution in [-0.2, 0) is 0 Å². The van der Waals surface area contributed by atoms with Crippen molar-refractivity contribution in [2.45, 2.75) is 44.6 Å². The van der Waals surface area contributed by atoms with E-state index in [0.717, 1.165) is 30.6 Å². The minimum absolute atomic E-state index is 0.121. The SMILES string of the molecule is CC(C)c1c(C(=O)NCC2(O)CCC2)cnn1-c1ccc(Cl)cc1. The third-order valence-corrected chi connectivity index (χ3v) is 4.78. The van der Waals surface area contributed by atoms with Crippen LogP contribution in [0.5, 0.6) is 0 Å². The average molecular weight is 348 g/mol. The number of hydrogen-bond acceptors (Lipinski definition) is 3. The maximum Gasteiger partial charge on any atom is 0.254 e. The predicted octanol–water partition coefficient (Wildman–Crippen LogP) is 3.29. The van der Waals surface area contributed by atoms with Crippen molar-refractivity contribution in [2.24, 2.45) is 0 Å². The Balaban J connectivity index is 1.85. The van der Waals surface area contributed by atoms with Crippen LogP contribution in [0.2, 0.25) is 5.02 Å². The Morgan fingerprint density at radius 3 is 2.58 bits per heavy atom. The number of amides is 1. The number of nitrogens with zero attached hydrogens (tertiary/aromatic N) is 2. The van der Waals surface area contributed by atoms with E-state index in [1.54, 1.807) is 23.0 Å². The van der Waals surface area contributed by atoms with Gasteiger partial charge in [0.05, 0.1) is 28.7 Å². The molecular formula is C18H22ClN3O2. The molecule has 0 spiro atoms. The highest BCUT2D eigenvalue weighted by Crippen LogP contribution is 2.31. The molecule has 1 saturated carbocycles. The zero-order chi connectivity index (χ0) is 17.3. The first-order valence-corrected chi connectivity index (χ1v) is 8.62. The summed E-state index contributed by atoms with van der Waals surface area (Å²) in [6.07, 6.45) is 4.09. The number of hydrogen-bond donors (Lipinski definition) is 2. The van der Waals surface area contributed by atoms with Crippen molar-refractivity contribution in [3.63, 3.8) is 0 Å². The van der Waals surface area contributed by atoms with E-state index in [0.29, 0.717) is 10.6 Å². The van der Waals surface area contributed by atoms with Gasteiger partial charge in [0, 0.05) is 11.6 Å². The Morgan fingerprint density at radius 2 is 2.04 bits per heavy atom. The Labute approximate surface area is 146 Å². The van der Waals surface area contributed by atoms with Gasteiger partial charge in [-0.1, -0.05) is 25.4 Å². The second-order valence-electron chi connectivity index (χ2n) is 6.75. The largest absolute Gasteiger partial charge is 0.388 e. The third-order valence-electron chi connectivity index (χ3n) is 4.53. The van der Waals surface area contributed by atoms with Crippen LogP contribution >= 0.6 is 11.6 Å². The van der Waals surface area contributed by atoms with Crippen molar-refractivity contribution in [1.82, 2.24) is 15.1 Å². The van der Waals surface area contributed by atoms with Crippen LogP contribution < -0.4 is 5.32 Å². The molecule has 2 N–H and O–H groups in total. The number of aliphatic hydroxyl groups is 1. The van der Waals surface area contributed by atoms with E-state index >= 15 is 0 Å². The Kier molecular flexibility index (Phi) is 4.65. The summed E-state index contributed by atoms with van der Waals surface area (Å²) in [5.74, 6) is -0.0741. The summed E-state index contributed by atoms with van der Waals surface area (Å²) in [6.45, 7) is 4.34. The molecule has 0 aliphatic heterocycles. The highest BCUT2D eigenvalue weighted by atomic mass is 35.5. The third kappa shape index (κ3) is 3.32. The highest BCUT2D eigenvalue weighted by molar-refractivity contribution is 6.30. The zero-order valence-corrected chi connectivity index (χ0v) is 14.7. The van der Waals surface area contributed by atoms with E-state index in [1.807, 2.05) is 26.0 Å². The molecule has 1 aliphatic carbocycles. The van der Waals surface area contributed by atoms with E-state index < -0.39 is 5.60 Å². The van der Waals surface area contributed by atoms with Gasteiger partial charge < -0.3 is 10.4 Å². The monoisotopic (exact) mass is 347 g/mol. The Hall–Kier alpha value is -1.85. The molecule has 0 unspecified atom stereocenters. The Bertz CT molecular complexity index is 733. The lowest BCUT2D eigenvalue weighted by atomic mass is 9.80. The van der Waals surface area contributed by atoms with Crippen LogP contribution in [0.3, 0.4) is 0 Å². The fourth-order valence-corrected chi connectivity index (χ4v) is 3.10. The summed E-state index contributed by atoms with van der Waals surface area (Å²) in [5, 5.41) is 18.0. The van der Waals surface area contributed by atoms with Crippen molar-refractivity contribution in [1.29, 1.82) is 0 Å². The second-order valence-corrected chi connectivity index (χ2v) is 7.18. The van der Waals surface area contributed by atoms with Gasteiger partial charge in [0.2, 0.25) is 0 Å². The molecule has 2 aromatic rings. The van der Waals surface area contributed by atoms with Gasteiger partial charge >= 0.3 is 0 Å². The zero-order valence-electron chi connectivity index (χ0n) is 13.9. The molecule has 5 nitrogen and oxygen atoms in total. The number of benzene rings is 1. The lowest BCUT2D eigenvalue weighted by Gasteiger charge is -2.36. The summed E-state index contributed by atoms with van der Waals surface area (Å²) < 4.78 is 1.77. The second kappa shape index (κ2) is 6.57. The molecule has 24 heavy (non-hydrogen) atoms. The van der Waals surface area contributed by atoms with Gasteiger partial charge in [0.1, 0.15) is 0 Å². The fraction of sp³-hybridized carbons (Fsp3) is 0.444. The van der Waals surface area contributed by atoms with Gasteiger partial charge in [-0.15, -0.1) is 0 Å². The smallest absolute Gasteiger partial charge is 0.254 e. The van der Waals surface area contributed by atoms with Crippen LogP contribution in [0.1, 0.15) is 55.1 Å². The van der Waals surface area contributed by atoms with Crippen molar-refractivity contribution in [2.75, 3.05) is 6.54 Å². The molecule has 1 amide bonds. The molecule has 3 rings (SSSR count). The van der Waals surface area contributed by atoms with Gasteiger partial charge in [-0.25, -0.2) is 4.68 Å². The van der Waals surface area contributed by atoms with Crippen molar-refractivity contribution in [3.05, 3.63) is 46.7 Å². The maximum absolute atomic E-state index is 12.6. The molecule has 6 heteroatoms. The first-order chi connectivity index (χ1) is 11.4. The molecule has 1 aromatic carbocycles. The van der Waals surface area contributed by atoms with Crippen molar-refractivity contribution in [3.8, 4) is 5.69 Å². The molecule has 0 atom stereocenters. The van der Waals surface area contributed by atoms with E-state index in [1.165, 1.54) is 0 Å². The van der Waals surface area contributed by atoms with E-state index in [2.05, 4.69) is 10.4 Å². The first kappa shape index (κ1) is 17.0. The number of halogens is 1. The Morgan fingerprint density at radius 1 is 1.38 bits per heavy atom. The number of carbonyl (C=O) groups is 1. The highest BCUT2D eigenvalue weighted by Gasteiger charge is 2.35. The topological polar surface area (TPSA) is 67.2 Å². The molecule has 0 radical (unpaired) electrons.